The quantitative estimate of drug-likeness (QED) is 0.466. The van der Waals surface area contributed by atoms with Gasteiger partial charge in [-0.15, -0.1) is 0 Å². The number of aliphatic hydroxyl groups excluding tert-OH is 2. The maximum Gasteiger partial charge on any atom is 0.146 e. The van der Waals surface area contributed by atoms with Gasteiger partial charge >= 0.3 is 0 Å². The normalized spacial score (nSPS) is 37.5. The molecule has 1 aliphatic rings. The first-order valence-corrected chi connectivity index (χ1v) is 3.70. The summed E-state index contributed by atoms with van der Waals surface area (Å²) in [6.07, 6.45) is -0.172. The van der Waals surface area contributed by atoms with Gasteiger partial charge in [-0.25, -0.2) is 0 Å². The van der Waals surface area contributed by atoms with Gasteiger partial charge in [-0.3, -0.25) is 4.79 Å². The van der Waals surface area contributed by atoms with Crippen LogP contribution in [-0.2, 0) is 4.79 Å². The first-order chi connectivity index (χ1) is 5.15. The summed E-state index contributed by atoms with van der Waals surface area (Å²) in [5, 5.41) is 20.8. The Hall–Kier alpha value is -0.450. The number of carbonyl (C=O) groups excluding carboxylic acids is 1. The largest absolute Gasteiger partial charge is 0.395 e. The van der Waals surface area contributed by atoms with E-state index in [0.717, 1.165) is 0 Å². The van der Waals surface area contributed by atoms with E-state index < -0.39 is 6.10 Å². The Morgan fingerprint density at radius 3 is 2.64 bits per heavy atom. The van der Waals surface area contributed by atoms with Crippen LogP contribution in [0.15, 0.2) is 0 Å². The first-order valence-electron chi connectivity index (χ1n) is 3.70. The second-order valence-corrected chi connectivity index (χ2v) is 2.92. The van der Waals surface area contributed by atoms with Gasteiger partial charge in [-0.05, 0) is 13.3 Å². The monoisotopic (exact) mass is 159 g/mol. The molecule has 4 nitrogen and oxygen atoms in total. The molecule has 0 aromatic carbocycles. The summed E-state index contributed by atoms with van der Waals surface area (Å²) in [6.45, 7) is 1.36. The molecule has 11 heavy (non-hydrogen) atoms. The van der Waals surface area contributed by atoms with Crippen LogP contribution in [0.5, 0.6) is 0 Å². The van der Waals surface area contributed by atoms with E-state index in [4.69, 9.17) is 5.11 Å². The van der Waals surface area contributed by atoms with Crippen molar-refractivity contribution >= 4 is 5.78 Å². The van der Waals surface area contributed by atoms with E-state index >= 15 is 0 Å². The number of Topliss-reactive ketones (excluding diaryl/α,β-unsaturated/α-hetero) is 1. The lowest BCUT2D eigenvalue weighted by molar-refractivity contribution is -0.118. The first kappa shape index (κ1) is 8.64. The molecule has 0 spiro atoms. The summed E-state index contributed by atoms with van der Waals surface area (Å²) in [6, 6.07) is -0.606. The van der Waals surface area contributed by atoms with Crippen LogP contribution in [0.2, 0.25) is 0 Å². The van der Waals surface area contributed by atoms with Crippen molar-refractivity contribution in [3.63, 3.8) is 0 Å². The molecule has 0 aromatic rings. The van der Waals surface area contributed by atoms with E-state index in [0.29, 0.717) is 6.42 Å². The highest BCUT2D eigenvalue weighted by Crippen LogP contribution is 2.13. The molecule has 3 atom stereocenters. The molecule has 3 N–H and O–H groups in total. The third kappa shape index (κ3) is 1.77. The molecule has 4 heteroatoms. The van der Waals surface area contributed by atoms with E-state index in [1.54, 1.807) is 0 Å². The number of hydrogen-bond acceptors (Lipinski definition) is 4. The Balaban J connectivity index is 2.49. The SMILES string of the molecule is CC(=O)C1CC(O)C(CO)N1. The second-order valence-electron chi connectivity index (χ2n) is 2.92. The van der Waals surface area contributed by atoms with Crippen LogP contribution < -0.4 is 5.32 Å². The number of aliphatic hydroxyl groups is 2. The fourth-order valence-electron chi connectivity index (χ4n) is 1.30. The van der Waals surface area contributed by atoms with Gasteiger partial charge < -0.3 is 15.5 Å². The van der Waals surface area contributed by atoms with Crippen LogP contribution in [0, 0.1) is 0 Å². The maximum atomic E-state index is 10.8. The molecule has 64 valence electrons. The van der Waals surface area contributed by atoms with Gasteiger partial charge in [0.05, 0.1) is 24.8 Å². The smallest absolute Gasteiger partial charge is 0.146 e. The molecule has 0 radical (unpaired) electrons. The number of ketones is 1. The van der Waals surface area contributed by atoms with Gasteiger partial charge in [0.15, 0.2) is 0 Å². The molecule has 0 aliphatic carbocycles. The molecule has 1 aliphatic heterocycles. The Morgan fingerprint density at radius 1 is 1.73 bits per heavy atom. The highest BCUT2D eigenvalue weighted by molar-refractivity contribution is 5.81. The van der Waals surface area contributed by atoms with E-state index in [2.05, 4.69) is 5.32 Å². The zero-order chi connectivity index (χ0) is 8.43. The van der Waals surface area contributed by atoms with Gasteiger partial charge in [0, 0.05) is 0 Å². The molecular weight excluding hydrogens is 146 g/mol. The highest BCUT2D eigenvalue weighted by Gasteiger charge is 2.33. The third-order valence-corrected chi connectivity index (χ3v) is 2.04. The molecule has 1 heterocycles. The minimum absolute atomic E-state index is 0.0139. The molecule has 0 amide bonds. The van der Waals surface area contributed by atoms with Gasteiger partial charge in [0.1, 0.15) is 5.78 Å². The number of nitrogens with one attached hydrogen (secondary N) is 1. The summed E-state index contributed by atoms with van der Waals surface area (Å²) in [5.74, 6) is 0.0139. The fourth-order valence-corrected chi connectivity index (χ4v) is 1.30. The van der Waals surface area contributed by atoms with Crippen molar-refractivity contribution in [2.45, 2.75) is 31.5 Å². The number of hydrogen-bond donors (Lipinski definition) is 3. The lowest BCUT2D eigenvalue weighted by atomic mass is 10.1. The Labute approximate surface area is 65.2 Å². The molecule has 1 saturated heterocycles. The zero-order valence-corrected chi connectivity index (χ0v) is 6.45. The fraction of sp³-hybridized carbons (Fsp3) is 0.857. The lowest BCUT2D eigenvalue weighted by Crippen LogP contribution is -2.38. The summed E-state index contributed by atoms with van der Waals surface area (Å²) >= 11 is 0. The molecular formula is C7H13NO3. The van der Waals surface area contributed by atoms with Gasteiger partial charge in [-0.1, -0.05) is 0 Å². The summed E-state index contributed by atoms with van der Waals surface area (Å²) in [5.41, 5.74) is 0. The van der Waals surface area contributed by atoms with Crippen LogP contribution in [0.25, 0.3) is 0 Å². The van der Waals surface area contributed by atoms with Crippen molar-refractivity contribution in [1.82, 2.24) is 5.32 Å². The summed E-state index contributed by atoms with van der Waals surface area (Å²) in [7, 11) is 0. The average Bonchev–Trinajstić information content (AvgIpc) is 2.31. The van der Waals surface area contributed by atoms with Crippen molar-refractivity contribution in [2.24, 2.45) is 0 Å². The molecule has 0 aromatic heterocycles. The van der Waals surface area contributed by atoms with Crippen molar-refractivity contribution in [3.8, 4) is 0 Å². The lowest BCUT2D eigenvalue weighted by Gasteiger charge is -2.10. The molecule has 1 fully saturated rings. The third-order valence-electron chi connectivity index (χ3n) is 2.04. The van der Waals surface area contributed by atoms with E-state index in [9.17, 15) is 9.90 Å². The molecule has 0 saturated carbocycles. The number of rotatable bonds is 2. The van der Waals surface area contributed by atoms with Crippen LogP contribution in [0.4, 0.5) is 0 Å². The van der Waals surface area contributed by atoms with Gasteiger partial charge in [-0.2, -0.15) is 0 Å². The van der Waals surface area contributed by atoms with Crippen LogP contribution >= 0.6 is 0 Å². The summed E-state index contributed by atoms with van der Waals surface area (Å²) in [4.78, 5) is 10.8. The van der Waals surface area contributed by atoms with E-state index in [-0.39, 0.29) is 24.5 Å². The summed E-state index contributed by atoms with van der Waals surface area (Å²) < 4.78 is 0. The topological polar surface area (TPSA) is 69.6 Å². The molecule has 3 unspecified atom stereocenters. The van der Waals surface area contributed by atoms with Gasteiger partial charge in [0.2, 0.25) is 0 Å². The average molecular weight is 159 g/mol. The van der Waals surface area contributed by atoms with Crippen molar-refractivity contribution in [1.29, 1.82) is 0 Å². The maximum absolute atomic E-state index is 10.8. The molecule has 0 bridgehead atoms. The van der Waals surface area contributed by atoms with E-state index in [1.165, 1.54) is 6.92 Å². The minimum atomic E-state index is -0.589. The van der Waals surface area contributed by atoms with E-state index in [1.807, 2.05) is 0 Å². The predicted octanol–water partition coefficient (Wildman–Crippen LogP) is -1.34. The standard InChI is InChI=1S/C7H13NO3/c1-4(10)5-2-7(11)6(3-9)8-5/h5-9,11H,2-3H2,1H3. The van der Waals surface area contributed by atoms with Crippen LogP contribution in [-0.4, -0.2) is 40.8 Å². The minimum Gasteiger partial charge on any atom is -0.395 e. The molecule has 1 rings (SSSR count). The van der Waals surface area contributed by atoms with Crippen LogP contribution in [0.3, 0.4) is 0 Å². The predicted molar refractivity (Wildman–Crippen MR) is 39.1 cm³/mol. The van der Waals surface area contributed by atoms with Gasteiger partial charge in [0.25, 0.3) is 0 Å². The Kier molecular flexibility index (Phi) is 2.59. The second kappa shape index (κ2) is 3.30. The Bertz CT molecular complexity index is 160. The highest BCUT2D eigenvalue weighted by atomic mass is 16.3. The number of carbonyl (C=O) groups is 1. The van der Waals surface area contributed by atoms with Crippen molar-refractivity contribution in [3.05, 3.63) is 0 Å². The zero-order valence-electron chi connectivity index (χ0n) is 6.45. The van der Waals surface area contributed by atoms with Crippen molar-refractivity contribution < 1.29 is 15.0 Å². The Morgan fingerprint density at radius 2 is 2.36 bits per heavy atom. The van der Waals surface area contributed by atoms with Crippen LogP contribution in [0.1, 0.15) is 13.3 Å². The van der Waals surface area contributed by atoms with Crippen molar-refractivity contribution in [2.75, 3.05) is 6.61 Å².